The minimum absolute atomic E-state index is 0.0555. The maximum Gasteiger partial charge on any atom is 0.302 e. The van der Waals surface area contributed by atoms with Gasteiger partial charge in [0.25, 0.3) is 5.78 Å². The number of Topliss-reactive ketones (excluding diaryl/α,β-unsaturated/α-hetero) is 1. The number of hydrogen-bond donors (Lipinski definition) is 2. The molecule has 1 amide bonds. The highest BCUT2D eigenvalue weighted by atomic mass is 35.5. The first-order chi connectivity index (χ1) is 15.5. The first-order valence-electron chi connectivity index (χ1n) is 9.72. The number of benzene rings is 3. The van der Waals surface area contributed by atoms with Gasteiger partial charge < -0.3 is 10.1 Å². The fraction of sp³-hybridized carbons (Fsp3) is 0.0417. The number of H-pyrrole nitrogens is 1. The minimum atomic E-state index is -0.883. The Kier molecular flexibility index (Phi) is 4.96. The molecular formula is C24H15Cl2N3O3. The van der Waals surface area contributed by atoms with Crippen LogP contribution < -0.4 is 4.90 Å². The highest BCUT2D eigenvalue weighted by Gasteiger charge is 2.48. The maximum absolute atomic E-state index is 13.2. The Morgan fingerprint density at radius 3 is 2.38 bits per heavy atom. The van der Waals surface area contributed by atoms with Crippen LogP contribution in [0.15, 0.2) is 78.4 Å². The van der Waals surface area contributed by atoms with Crippen LogP contribution in [0.2, 0.25) is 10.0 Å². The van der Waals surface area contributed by atoms with Crippen molar-refractivity contribution in [2.75, 3.05) is 4.90 Å². The molecule has 2 N–H and O–H groups in total. The number of ketones is 1. The summed E-state index contributed by atoms with van der Waals surface area (Å²) in [4.78, 5) is 35.2. The van der Waals surface area contributed by atoms with Gasteiger partial charge in [0, 0.05) is 5.56 Å². The summed E-state index contributed by atoms with van der Waals surface area (Å²) >= 11 is 12.1. The van der Waals surface area contributed by atoms with Gasteiger partial charge in [-0.25, -0.2) is 4.98 Å². The number of para-hydroxylation sites is 2. The highest BCUT2D eigenvalue weighted by molar-refractivity contribution is 6.51. The summed E-state index contributed by atoms with van der Waals surface area (Å²) < 4.78 is 0. The third-order valence-electron chi connectivity index (χ3n) is 5.36. The lowest BCUT2D eigenvalue weighted by Crippen LogP contribution is -2.30. The predicted octanol–water partition coefficient (Wildman–Crippen LogP) is 5.50. The van der Waals surface area contributed by atoms with Gasteiger partial charge in [-0.2, -0.15) is 0 Å². The lowest BCUT2D eigenvalue weighted by atomic mass is 9.95. The summed E-state index contributed by atoms with van der Waals surface area (Å²) in [5, 5.41) is 11.6. The van der Waals surface area contributed by atoms with Crippen LogP contribution in [0.4, 0.5) is 5.95 Å². The number of aliphatic hydroxyl groups is 1. The van der Waals surface area contributed by atoms with Crippen LogP contribution in [0.25, 0.3) is 16.8 Å². The summed E-state index contributed by atoms with van der Waals surface area (Å²) in [6, 6.07) is 19.9. The van der Waals surface area contributed by atoms with Gasteiger partial charge in [-0.1, -0.05) is 65.7 Å². The lowest BCUT2D eigenvalue weighted by molar-refractivity contribution is -0.132. The number of hydrogen-bond acceptors (Lipinski definition) is 4. The summed E-state index contributed by atoms with van der Waals surface area (Å²) in [7, 11) is 0. The number of halogens is 2. The number of rotatable bonds is 3. The molecule has 158 valence electrons. The number of fused-ring (bicyclic) bond motifs is 1. The summed E-state index contributed by atoms with van der Waals surface area (Å²) in [6.07, 6.45) is 0. The van der Waals surface area contributed by atoms with Crippen molar-refractivity contribution in [3.05, 3.63) is 99.5 Å². The lowest BCUT2D eigenvalue weighted by Gasteiger charge is -2.23. The molecule has 1 atom stereocenters. The van der Waals surface area contributed by atoms with Crippen LogP contribution in [0.5, 0.6) is 0 Å². The second-order valence-corrected chi connectivity index (χ2v) is 8.10. The number of aliphatic hydroxyl groups excluding tert-OH is 1. The molecular weight excluding hydrogens is 449 g/mol. The van der Waals surface area contributed by atoms with Gasteiger partial charge in [-0.3, -0.25) is 14.5 Å². The molecule has 1 aliphatic heterocycles. The smallest absolute Gasteiger partial charge is 0.302 e. The molecule has 32 heavy (non-hydrogen) atoms. The number of aromatic nitrogens is 2. The van der Waals surface area contributed by atoms with Gasteiger partial charge in [-0.15, -0.1) is 0 Å². The molecule has 1 fully saturated rings. The Morgan fingerprint density at radius 1 is 0.938 bits per heavy atom. The van der Waals surface area contributed by atoms with Crippen molar-refractivity contribution >= 4 is 57.6 Å². The molecule has 1 aliphatic rings. The van der Waals surface area contributed by atoms with Gasteiger partial charge >= 0.3 is 5.91 Å². The summed E-state index contributed by atoms with van der Waals surface area (Å²) in [5.41, 5.74) is 2.25. The monoisotopic (exact) mass is 463 g/mol. The van der Waals surface area contributed by atoms with Crippen LogP contribution in [0.1, 0.15) is 17.2 Å². The van der Waals surface area contributed by atoms with E-state index >= 15 is 0 Å². The number of carbonyl (C=O) groups is 2. The van der Waals surface area contributed by atoms with E-state index in [0.717, 1.165) is 5.52 Å². The third-order valence-corrected chi connectivity index (χ3v) is 6.10. The topological polar surface area (TPSA) is 86.3 Å². The van der Waals surface area contributed by atoms with Gasteiger partial charge in [0.15, 0.2) is 0 Å². The maximum atomic E-state index is 13.2. The largest absolute Gasteiger partial charge is 0.507 e. The minimum Gasteiger partial charge on any atom is -0.507 e. The number of nitrogens with one attached hydrogen (secondary N) is 1. The van der Waals surface area contributed by atoms with E-state index in [1.54, 1.807) is 36.4 Å². The first-order valence-corrected chi connectivity index (χ1v) is 10.5. The molecule has 0 bridgehead atoms. The molecule has 1 unspecified atom stereocenters. The van der Waals surface area contributed by atoms with Crippen LogP contribution in [0, 0.1) is 0 Å². The summed E-state index contributed by atoms with van der Waals surface area (Å²) in [6.45, 7) is 0. The second-order valence-electron chi connectivity index (χ2n) is 7.29. The average molecular weight is 464 g/mol. The van der Waals surface area contributed by atoms with E-state index in [1.165, 1.54) is 17.0 Å². The standard InChI is InChI=1S/C24H15Cl2N3O3/c25-15-11-10-14(12-16(15)26)21(30)19-20(13-6-2-1-3-7-13)29(23(32)22(19)31)24-27-17-8-4-5-9-18(17)28-24/h1-12,20,30H,(H,27,28)/b21-19+. The first kappa shape index (κ1) is 20.3. The fourth-order valence-corrected chi connectivity index (χ4v) is 4.15. The van der Waals surface area contributed by atoms with Gasteiger partial charge in [-0.05, 0) is 35.9 Å². The van der Waals surface area contributed by atoms with Gasteiger partial charge in [0.05, 0.1) is 32.7 Å². The zero-order valence-corrected chi connectivity index (χ0v) is 17.9. The highest BCUT2D eigenvalue weighted by Crippen LogP contribution is 2.42. The predicted molar refractivity (Wildman–Crippen MR) is 124 cm³/mol. The molecule has 3 aromatic carbocycles. The molecule has 0 radical (unpaired) electrons. The number of amides is 1. The van der Waals surface area contributed by atoms with E-state index in [0.29, 0.717) is 16.1 Å². The van der Waals surface area contributed by atoms with Crippen LogP contribution >= 0.6 is 23.2 Å². The van der Waals surface area contributed by atoms with Crippen molar-refractivity contribution in [2.45, 2.75) is 6.04 Å². The Balaban J connectivity index is 1.73. The van der Waals surface area contributed by atoms with Crippen molar-refractivity contribution in [3.8, 4) is 0 Å². The van der Waals surface area contributed by atoms with E-state index in [-0.39, 0.29) is 27.9 Å². The van der Waals surface area contributed by atoms with E-state index in [9.17, 15) is 14.7 Å². The molecule has 0 saturated carbocycles. The van der Waals surface area contributed by atoms with E-state index < -0.39 is 17.7 Å². The third kappa shape index (κ3) is 3.25. The van der Waals surface area contributed by atoms with Crippen molar-refractivity contribution in [1.29, 1.82) is 0 Å². The molecule has 1 saturated heterocycles. The molecule has 4 aromatic rings. The van der Waals surface area contributed by atoms with Crippen molar-refractivity contribution in [1.82, 2.24) is 9.97 Å². The second kappa shape index (κ2) is 7.82. The van der Waals surface area contributed by atoms with E-state index in [2.05, 4.69) is 9.97 Å². The van der Waals surface area contributed by atoms with Gasteiger partial charge in [0.2, 0.25) is 5.95 Å². The van der Waals surface area contributed by atoms with Crippen molar-refractivity contribution in [2.24, 2.45) is 0 Å². The SMILES string of the molecule is O=C1C(=O)N(c2nc3ccccc3[nH]2)C(c2ccccc2)/C1=C(\O)c1ccc(Cl)c(Cl)c1. The van der Waals surface area contributed by atoms with Crippen LogP contribution in [-0.4, -0.2) is 26.8 Å². The van der Waals surface area contributed by atoms with Crippen molar-refractivity contribution in [3.63, 3.8) is 0 Å². The molecule has 0 spiro atoms. The Morgan fingerprint density at radius 2 is 1.66 bits per heavy atom. The molecule has 2 heterocycles. The molecule has 1 aromatic heterocycles. The van der Waals surface area contributed by atoms with Crippen LogP contribution in [-0.2, 0) is 9.59 Å². The normalized spacial score (nSPS) is 17.9. The van der Waals surface area contributed by atoms with Crippen LogP contribution in [0.3, 0.4) is 0 Å². The number of anilines is 1. The molecule has 8 heteroatoms. The zero-order valence-electron chi connectivity index (χ0n) is 16.4. The Hall–Kier alpha value is -3.61. The van der Waals surface area contributed by atoms with Crippen molar-refractivity contribution < 1.29 is 14.7 Å². The number of carbonyl (C=O) groups excluding carboxylic acids is 2. The van der Waals surface area contributed by atoms with E-state index in [4.69, 9.17) is 23.2 Å². The molecule has 5 rings (SSSR count). The fourth-order valence-electron chi connectivity index (χ4n) is 3.85. The van der Waals surface area contributed by atoms with Gasteiger partial charge in [0.1, 0.15) is 5.76 Å². The molecule has 0 aliphatic carbocycles. The average Bonchev–Trinajstić information content (AvgIpc) is 3.34. The number of imidazole rings is 1. The number of nitrogens with zero attached hydrogens (tertiary/aromatic N) is 2. The molecule has 6 nitrogen and oxygen atoms in total. The number of aromatic amines is 1. The quantitative estimate of drug-likeness (QED) is 0.238. The Labute approximate surface area is 192 Å². The Bertz CT molecular complexity index is 1380. The summed E-state index contributed by atoms with van der Waals surface area (Å²) in [5.74, 6) is -1.73. The van der Waals surface area contributed by atoms with E-state index in [1.807, 2.05) is 24.3 Å². The zero-order chi connectivity index (χ0) is 22.4.